The third-order valence-corrected chi connectivity index (χ3v) is 1.44. The zero-order chi connectivity index (χ0) is 8.69. The first-order valence-electron chi connectivity index (χ1n) is 4.13. The van der Waals surface area contributed by atoms with Gasteiger partial charge in [-0.3, -0.25) is 4.79 Å². The molecule has 0 fully saturated rings. The summed E-state index contributed by atoms with van der Waals surface area (Å²) in [5.74, 6) is 0.119. The highest BCUT2D eigenvalue weighted by atomic mass is 16.1. The number of amides is 1. The number of carbonyl (C=O) groups excluding carboxylic acids is 1. The van der Waals surface area contributed by atoms with Gasteiger partial charge in [0.2, 0.25) is 5.91 Å². The summed E-state index contributed by atoms with van der Waals surface area (Å²) >= 11 is 0. The molecule has 0 aromatic heterocycles. The molecular weight excluding hydrogens is 138 g/mol. The summed E-state index contributed by atoms with van der Waals surface area (Å²) in [7, 11) is 0. The number of allylic oxidation sites excluding steroid dienone is 1. The van der Waals surface area contributed by atoms with Crippen LogP contribution in [-0.2, 0) is 4.79 Å². The first kappa shape index (κ1) is 10.2. The maximum atomic E-state index is 10.8. The van der Waals surface area contributed by atoms with Crippen molar-refractivity contribution in [3.05, 3.63) is 11.6 Å². The Labute approximate surface area is 68.7 Å². The summed E-state index contributed by atoms with van der Waals surface area (Å²) in [4.78, 5) is 10.8. The second-order valence-corrected chi connectivity index (χ2v) is 2.59. The normalized spacial score (nSPS) is 11.4. The van der Waals surface area contributed by atoms with E-state index in [9.17, 15) is 4.79 Å². The molecule has 0 heterocycles. The van der Waals surface area contributed by atoms with E-state index in [1.165, 1.54) is 5.57 Å². The maximum Gasteiger partial charge on any atom is 0.219 e. The average Bonchev–Trinajstić information content (AvgIpc) is 2.01. The molecule has 0 saturated carbocycles. The van der Waals surface area contributed by atoms with Crippen LogP contribution in [0.25, 0.3) is 0 Å². The second-order valence-electron chi connectivity index (χ2n) is 2.59. The molecule has 0 aliphatic rings. The van der Waals surface area contributed by atoms with Crippen LogP contribution in [0, 0.1) is 0 Å². The minimum absolute atomic E-state index is 0.119. The standard InChI is InChI=1S/C9H17NO/c1-4-6-8(3)7-10-9(11)5-2/h6H,4-5,7H2,1-3H3,(H,10,11). The molecule has 1 N–H and O–H groups in total. The SMILES string of the molecule is CCC=C(C)CNC(=O)CC. The maximum absolute atomic E-state index is 10.8. The number of hydrogen-bond acceptors (Lipinski definition) is 1. The fourth-order valence-electron chi connectivity index (χ4n) is 0.784. The lowest BCUT2D eigenvalue weighted by atomic mass is 10.2. The predicted octanol–water partition coefficient (Wildman–Crippen LogP) is 1.87. The number of hydrogen-bond donors (Lipinski definition) is 1. The van der Waals surface area contributed by atoms with Crippen molar-refractivity contribution >= 4 is 5.91 Å². The Kier molecular flexibility index (Phi) is 5.53. The van der Waals surface area contributed by atoms with Gasteiger partial charge in [-0.15, -0.1) is 0 Å². The molecule has 1 amide bonds. The molecule has 0 unspecified atom stereocenters. The van der Waals surface area contributed by atoms with Crippen molar-refractivity contribution in [2.24, 2.45) is 0 Å². The Hall–Kier alpha value is -0.790. The van der Waals surface area contributed by atoms with Gasteiger partial charge in [0.25, 0.3) is 0 Å². The monoisotopic (exact) mass is 155 g/mol. The minimum atomic E-state index is 0.119. The number of carbonyl (C=O) groups is 1. The van der Waals surface area contributed by atoms with Crippen molar-refractivity contribution in [3.63, 3.8) is 0 Å². The zero-order valence-electron chi connectivity index (χ0n) is 7.61. The molecule has 0 saturated heterocycles. The van der Waals surface area contributed by atoms with E-state index in [0.29, 0.717) is 13.0 Å². The van der Waals surface area contributed by atoms with Crippen molar-refractivity contribution in [1.82, 2.24) is 5.32 Å². The molecule has 2 heteroatoms. The molecule has 0 atom stereocenters. The molecule has 0 radical (unpaired) electrons. The van der Waals surface area contributed by atoms with E-state index in [1.807, 2.05) is 13.8 Å². The molecule has 0 aromatic rings. The van der Waals surface area contributed by atoms with Crippen LogP contribution in [0.4, 0.5) is 0 Å². The van der Waals surface area contributed by atoms with E-state index in [4.69, 9.17) is 0 Å². The van der Waals surface area contributed by atoms with Gasteiger partial charge in [0.15, 0.2) is 0 Å². The molecule has 11 heavy (non-hydrogen) atoms. The number of nitrogens with one attached hydrogen (secondary N) is 1. The van der Waals surface area contributed by atoms with Crippen LogP contribution < -0.4 is 5.32 Å². The summed E-state index contributed by atoms with van der Waals surface area (Å²) in [6, 6.07) is 0. The summed E-state index contributed by atoms with van der Waals surface area (Å²) in [5, 5.41) is 2.81. The van der Waals surface area contributed by atoms with E-state index in [2.05, 4.69) is 18.3 Å². The molecule has 0 rings (SSSR count). The van der Waals surface area contributed by atoms with Gasteiger partial charge >= 0.3 is 0 Å². The van der Waals surface area contributed by atoms with Crippen LogP contribution >= 0.6 is 0 Å². The Balaban J connectivity index is 3.53. The molecule has 0 bridgehead atoms. The first-order chi connectivity index (χ1) is 5.20. The van der Waals surface area contributed by atoms with Crippen LogP contribution in [0.5, 0.6) is 0 Å². The fourth-order valence-corrected chi connectivity index (χ4v) is 0.784. The van der Waals surface area contributed by atoms with Gasteiger partial charge in [0, 0.05) is 13.0 Å². The highest BCUT2D eigenvalue weighted by Gasteiger charge is 1.94. The average molecular weight is 155 g/mol. The van der Waals surface area contributed by atoms with E-state index in [-0.39, 0.29) is 5.91 Å². The van der Waals surface area contributed by atoms with Crippen LogP contribution in [-0.4, -0.2) is 12.5 Å². The van der Waals surface area contributed by atoms with Gasteiger partial charge in [-0.25, -0.2) is 0 Å². The third-order valence-electron chi connectivity index (χ3n) is 1.44. The van der Waals surface area contributed by atoms with Crippen molar-refractivity contribution < 1.29 is 4.79 Å². The van der Waals surface area contributed by atoms with E-state index < -0.39 is 0 Å². The highest BCUT2D eigenvalue weighted by molar-refractivity contribution is 5.75. The van der Waals surface area contributed by atoms with Crippen molar-refractivity contribution in [2.45, 2.75) is 33.6 Å². The topological polar surface area (TPSA) is 29.1 Å². The lowest BCUT2D eigenvalue weighted by molar-refractivity contribution is -0.120. The van der Waals surface area contributed by atoms with Crippen LogP contribution in [0.2, 0.25) is 0 Å². The lowest BCUT2D eigenvalue weighted by Crippen LogP contribution is -2.23. The van der Waals surface area contributed by atoms with E-state index in [0.717, 1.165) is 6.42 Å². The Morgan fingerprint density at radius 1 is 1.45 bits per heavy atom. The Morgan fingerprint density at radius 2 is 2.09 bits per heavy atom. The summed E-state index contributed by atoms with van der Waals surface area (Å²) in [5.41, 5.74) is 1.23. The largest absolute Gasteiger partial charge is 0.352 e. The number of rotatable bonds is 4. The smallest absolute Gasteiger partial charge is 0.219 e. The van der Waals surface area contributed by atoms with Crippen molar-refractivity contribution in [2.75, 3.05) is 6.54 Å². The summed E-state index contributed by atoms with van der Waals surface area (Å²) in [6.45, 7) is 6.67. The third kappa shape index (κ3) is 5.64. The first-order valence-corrected chi connectivity index (χ1v) is 4.13. The van der Waals surface area contributed by atoms with Gasteiger partial charge in [0.1, 0.15) is 0 Å². The van der Waals surface area contributed by atoms with Crippen LogP contribution in [0.3, 0.4) is 0 Å². The minimum Gasteiger partial charge on any atom is -0.352 e. The molecule has 0 aromatic carbocycles. The van der Waals surface area contributed by atoms with Gasteiger partial charge < -0.3 is 5.32 Å². The van der Waals surface area contributed by atoms with Gasteiger partial charge in [0.05, 0.1) is 0 Å². The highest BCUT2D eigenvalue weighted by Crippen LogP contribution is 1.92. The predicted molar refractivity (Wildman–Crippen MR) is 47.3 cm³/mol. The van der Waals surface area contributed by atoms with Crippen molar-refractivity contribution in [1.29, 1.82) is 0 Å². The molecular formula is C9H17NO. The van der Waals surface area contributed by atoms with Gasteiger partial charge in [-0.05, 0) is 13.3 Å². The summed E-state index contributed by atoms with van der Waals surface area (Å²) in [6.07, 6.45) is 3.73. The lowest BCUT2D eigenvalue weighted by Gasteiger charge is -2.02. The second kappa shape index (κ2) is 5.96. The van der Waals surface area contributed by atoms with E-state index >= 15 is 0 Å². The molecule has 2 nitrogen and oxygen atoms in total. The van der Waals surface area contributed by atoms with Crippen molar-refractivity contribution in [3.8, 4) is 0 Å². The van der Waals surface area contributed by atoms with E-state index in [1.54, 1.807) is 0 Å². The van der Waals surface area contributed by atoms with Crippen LogP contribution in [0.1, 0.15) is 33.6 Å². The quantitative estimate of drug-likeness (QED) is 0.617. The zero-order valence-corrected chi connectivity index (χ0v) is 7.61. The molecule has 0 aliphatic carbocycles. The van der Waals surface area contributed by atoms with Gasteiger partial charge in [-0.2, -0.15) is 0 Å². The van der Waals surface area contributed by atoms with Crippen LogP contribution in [0.15, 0.2) is 11.6 Å². The fraction of sp³-hybridized carbons (Fsp3) is 0.667. The molecule has 64 valence electrons. The molecule has 0 aliphatic heterocycles. The molecule has 0 spiro atoms. The Bertz CT molecular complexity index is 150. The Morgan fingerprint density at radius 3 is 2.55 bits per heavy atom. The van der Waals surface area contributed by atoms with Gasteiger partial charge in [-0.1, -0.05) is 25.5 Å². The summed E-state index contributed by atoms with van der Waals surface area (Å²) < 4.78 is 0.